The van der Waals surface area contributed by atoms with Crippen LogP contribution in [-0.2, 0) is 20.7 Å². The fourth-order valence-corrected chi connectivity index (χ4v) is 6.63. The van der Waals surface area contributed by atoms with Gasteiger partial charge in [0.1, 0.15) is 12.2 Å². The van der Waals surface area contributed by atoms with Crippen LogP contribution in [0.5, 0.6) is 34.5 Å². The highest BCUT2D eigenvalue weighted by Gasteiger charge is 2.33. The van der Waals surface area contributed by atoms with Crippen molar-refractivity contribution in [3.05, 3.63) is 35.4 Å². The van der Waals surface area contributed by atoms with Gasteiger partial charge in [0.25, 0.3) is 0 Å². The molecule has 0 N–H and O–H groups in total. The normalized spacial score (nSPS) is 21.2. The summed E-state index contributed by atoms with van der Waals surface area (Å²) in [4.78, 5) is 28.2. The molecule has 254 valence electrons. The van der Waals surface area contributed by atoms with Gasteiger partial charge in [0.15, 0.2) is 23.0 Å². The van der Waals surface area contributed by atoms with Gasteiger partial charge in [0.2, 0.25) is 11.5 Å². The second kappa shape index (κ2) is 16.6. The van der Waals surface area contributed by atoms with Crippen molar-refractivity contribution in [2.75, 3.05) is 49.7 Å². The van der Waals surface area contributed by atoms with Gasteiger partial charge in [0, 0.05) is 18.5 Å². The van der Waals surface area contributed by atoms with Crippen LogP contribution >= 0.6 is 0 Å². The summed E-state index contributed by atoms with van der Waals surface area (Å²) in [5.41, 5.74) is 1.29. The summed E-state index contributed by atoms with van der Waals surface area (Å²) in [6, 6.07) is 7.83. The van der Waals surface area contributed by atoms with E-state index in [1.807, 2.05) is 12.1 Å². The molecule has 0 spiro atoms. The van der Waals surface area contributed by atoms with Crippen LogP contribution in [0.1, 0.15) is 73.7 Å². The molecule has 2 aliphatic rings. The fourth-order valence-electron chi connectivity index (χ4n) is 6.63. The third-order valence-electron chi connectivity index (χ3n) is 9.25. The molecule has 0 aliphatic heterocycles. The number of benzene rings is 2. The lowest BCUT2D eigenvalue weighted by molar-refractivity contribution is -0.151. The number of nitrogens with zero attached hydrogens (tertiary/aromatic N) is 1. The molecule has 0 unspecified atom stereocenters. The summed E-state index contributed by atoms with van der Waals surface area (Å²) >= 11 is 0. The van der Waals surface area contributed by atoms with E-state index in [0.717, 1.165) is 56.9 Å². The van der Waals surface area contributed by atoms with Gasteiger partial charge in [0.05, 0.1) is 48.2 Å². The average Bonchev–Trinajstić information content (AvgIpc) is 3.09. The lowest BCUT2D eigenvalue weighted by Gasteiger charge is -2.41. The largest absolute Gasteiger partial charge is 0.493 e. The third kappa shape index (κ3) is 8.48. The van der Waals surface area contributed by atoms with Crippen LogP contribution in [0.15, 0.2) is 24.3 Å². The first-order valence-corrected chi connectivity index (χ1v) is 16.0. The summed E-state index contributed by atoms with van der Waals surface area (Å²) in [6.45, 7) is 0. The molecule has 0 amide bonds. The Morgan fingerprint density at radius 3 is 1.43 bits per heavy atom. The molecule has 0 atom stereocenters. The summed E-state index contributed by atoms with van der Waals surface area (Å²) in [5.74, 6) is 2.35. The molecule has 0 heterocycles. The zero-order chi connectivity index (χ0) is 33.2. The first kappa shape index (κ1) is 35.0. The Morgan fingerprint density at radius 2 is 1.02 bits per heavy atom. The molecule has 0 bridgehead atoms. The number of carbonyl (C=O) groups is 2. The van der Waals surface area contributed by atoms with Gasteiger partial charge >= 0.3 is 11.9 Å². The molecular weight excluding hydrogens is 594 g/mol. The maximum atomic E-state index is 13.0. The number of methoxy groups -OCH3 is 6. The van der Waals surface area contributed by atoms with Gasteiger partial charge < -0.3 is 42.8 Å². The minimum atomic E-state index is -0.396. The Morgan fingerprint density at radius 1 is 0.609 bits per heavy atom. The highest BCUT2D eigenvalue weighted by molar-refractivity contribution is 5.91. The minimum absolute atomic E-state index is 0.0533. The third-order valence-corrected chi connectivity index (χ3v) is 9.25. The molecule has 46 heavy (non-hydrogen) atoms. The van der Waals surface area contributed by atoms with E-state index in [9.17, 15) is 9.59 Å². The quantitative estimate of drug-likeness (QED) is 0.239. The van der Waals surface area contributed by atoms with Crippen molar-refractivity contribution in [3.8, 4) is 34.5 Å². The van der Waals surface area contributed by atoms with E-state index in [1.54, 1.807) is 33.5 Å². The topological polar surface area (TPSA) is 111 Å². The van der Waals surface area contributed by atoms with E-state index < -0.39 is 5.97 Å². The van der Waals surface area contributed by atoms with Crippen LogP contribution in [0.3, 0.4) is 0 Å². The SMILES string of the molecule is COc1cc(CCC(=O)OC2CCC(N(C)C3CCC(OC(=O)c4cc(OC)c(OC)c(OC)c4)CC3)CC2)cc(OC)c1OC. The first-order chi connectivity index (χ1) is 22.2. The van der Waals surface area contributed by atoms with Gasteiger partial charge in [-0.1, -0.05) is 0 Å². The molecule has 4 rings (SSSR count). The maximum Gasteiger partial charge on any atom is 0.338 e. The van der Waals surface area contributed by atoms with Crippen LogP contribution in [-0.4, -0.2) is 90.8 Å². The van der Waals surface area contributed by atoms with E-state index in [0.29, 0.717) is 58.6 Å². The van der Waals surface area contributed by atoms with E-state index in [-0.39, 0.29) is 24.6 Å². The minimum Gasteiger partial charge on any atom is -0.493 e. The standard InChI is InChI=1S/C35H49NO10/c1-36(25-11-15-27(16-12-25)46-35(38)23-20-30(41-4)34(44-7)31(21-23)42-5)24-9-13-26(14-10-24)45-32(37)17-8-22-18-28(39-2)33(43-6)29(19-22)40-3/h18-21,24-27H,8-17H2,1-7H3. The Balaban J connectivity index is 1.19. The number of hydrogen-bond donors (Lipinski definition) is 0. The van der Waals surface area contributed by atoms with E-state index in [2.05, 4.69) is 11.9 Å². The monoisotopic (exact) mass is 643 g/mol. The van der Waals surface area contributed by atoms with Crippen molar-refractivity contribution in [2.45, 2.75) is 88.5 Å². The van der Waals surface area contributed by atoms with Gasteiger partial charge in [-0.25, -0.2) is 4.79 Å². The van der Waals surface area contributed by atoms with Crippen LogP contribution < -0.4 is 28.4 Å². The lowest BCUT2D eigenvalue weighted by atomic mass is 9.87. The van der Waals surface area contributed by atoms with Gasteiger partial charge in [-0.3, -0.25) is 4.79 Å². The number of esters is 2. The summed E-state index contributed by atoms with van der Waals surface area (Å²) in [7, 11) is 11.5. The zero-order valence-electron chi connectivity index (χ0n) is 28.2. The van der Waals surface area contributed by atoms with Crippen molar-refractivity contribution < 1.29 is 47.5 Å². The van der Waals surface area contributed by atoms with E-state index in [4.69, 9.17) is 37.9 Å². The second-order valence-electron chi connectivity index (χ2n) is 11.9. The average molecular weight is 644 g/mol. The van der Waals surface area contributed by atoms with Crippen molar-refractivity contribution in [1.82, 2.24) is 4.90 Å². The molecule has 2 aromatic carbocycles. The Kier molecular flexibility index (Phi) is 12.7. The number of rotatable bonds is 14. The summed E-state index contributed by atoms with van der Waals surface area (Å²) in [5, 5.41) is 0. The molecule has 11 heteroatoms. The second-order valence-corrected chi connectivity index (χ2v) is 11.9. The van der Waals surface area contributed by atoms with E-state index >= 15 is 0 Å². The molecule has 0 saturated heterocycles. The summed E-state index contributed by atoms with van der Waals surface area (Å²) < 4.78 is 44.1. The van der Waals surface area contributed by atoms with Gasteiger partial charge in [-0.15, -0.1) is 0 Å². The number of ether oxygens (including phenoxy) is 8. The first-order valence-electron chi connectivity index (χ1n) is 16.0. The smallest absolute Gasteiger partial charge is 0.338 e. The van der Waals surface area contributed by atoms with Crippen LogP contribution in [0.4, 0.5) is 0 Å². The highest BCUT2D eigenvalue weighted by Crippen LogP contribution is 2.40. The fraction of sp³-hybridized carbons (Fsp3) is 0.600. The Labute approximate surface area is 272 Å². The van der Waals surface area contributed by atoms with Crippen LogP contribution in [0.2, 0.25) is 0 Å². The molecule has 2 fully saturated rings. The predicted octanol–water partition coefficient (Wildman–Crippen LogP) is 5.63. The van der Waals surface area contributed by atoms with Crippen molar-refractivity contribution in [2.24, 2.45) is 0 Å². The molecule has 2 aliphatic carbocycles. The number of hydrogen-bond acceptors (Lipinski definition) is 11. The number of carbonyl (C=O) groups excluding carboxylic acids is 2. The summed E-state index contributed by atoms with van der Waals surface area (Å²) in [6.07, 6.45) is 7.83. The van der Waals surface area contributed by atoms with Crippen molar-refractivity contribution >= 4 is 11.9 Å². The molecule has 0 radical (unpaired) electrons. The highest BCUT2D eigenvalue weighted by atomic mass is 16.6. The van der Waals surface area contributed by atoms with Gasteiger partial charge in [-0.2, -0.15) is 0 Å². The number of aryl methyl sites for hydroxylation is 1. The van der Waals surface area contributed by atoms with Crippen LogP contribution in [0.25, 0.3) is 0 Å². The van der Waals surface area contributed by atoms with Gasteiger partial charge in [-0.05, 0) is 94.7 Å². The molecule has 0 aromatic heterocycles. The Hall–Kier alpha value is -3.86. The van der Waals surface area contributed by atoms with Crippen LogP contribution in [0, 0.1) is 0 Å². The predicted molar refractivity (Wildman–Crippen MR) is 172 cm³/mol. The molecular formula is C35H49NO10. The maximum absolute atomic E-state index is 13.0. The molecule has 2 aromatic rings. The Bertz CT molecular complexity index is 1260. The van der Waals surface area contributed by atoms with E-state index in [1.165, 1.54) is 21.3 Å². The van der Waals surface area contributed by atoms with Crippen molar-refractivity contribution in [3.63, 3.8) is 0 Å². The molecule has 2 saturated carbocycles. The zero-order valence-corrected chi connectivity index (χ0v) is 28.2. The molecule has 11 nitrogen and oxygen atoms in total. The lowest BCUT2D eigenvalue weighted by Crippen LogP contribution is -2.45. The van der Waals surface area contributed by atoms with Crippen molar-refractivity contribution in [1.29, 1.82) is 0 Å².